The fraction of sp³-hybridized carbons (Fsp3) is 0.357. The van der Waals surface area contributed by atoms with Crippen molar-refractivity contribution in [3.05, 3.63) is 83.4 Å². The Kier molecular flexibility index (Phi) is 11.8. The lowest BCUT2D eigenvalue weighted by atomic mass is 9.78. The summed E-state index contributed by atoms with van der Waals surface area (Å²) in [7, 11) is 0. The third kappa shape index (κ3) is 7.78. The van der Waals surface area contributed by atoms with Crippen LogP contribution in [0.2, 0.25) is 0 Å². The quantitative estimate of drug-likeness (QED) is 0.0661. The van der Waals surface area contributed by atoms with Crippen LogP contribution in [0.25, 0.3) is 22.3 Å². The van der Waals surface area contributed by atoms with Crippen LogP contribution < -0.4 is 14.2 Å². The van der Waals surface area contributed by atoms with Crippen molar-refractivity contribution in [3.8, 4) is 63.1 Å². The summed E-state index contributed by atoms with van der Waals surface area (Å²) in [6.07, 6.45) is -21.1. The third-order valence-electron chi connectivity index (χ3n) is 11.3. The second kappa shape index (κ2) is 17.0. The van der Waals surface area contributed by atoms with Crippen molar-refractivity contribution < 1.29 is 105 Å². The van der Waals surface area contributed by atoms with E-state index in [0.29, 0.717) is 0 Å². The van der Waals surface area contributed by atoms with Crippen LogP contribution in [0.1, 0.15) is 28.7 Å². The summed E-state index contributed by atoms with van der Waals surface area (Å²) in [5.74, 6) is -6.11. The summed E-state index contributed by atoms with van der Waals surface area (Å²) in [6, 6.07) is 13.1. The number of rotatable bonds is 9. The molecule has 13 unspecified atom stereocenters. The highest BCUT2D eigenvalue weighted by Gasteiger charge is 2.50. The Balaban J connectivity index is 1.40. The molecule has 13 atom stereocenters. The molecule has 0 aliphatic carbocycles. The molecule has 0 bridgehead atoms. The lowest BCUT2D eigenvalue weighted by Gasteiger charge is -2.40. The Hall–Kier alpha value is -5.95. The maximum absolute atomic E-state index is 12.3. The Bertz CT molecular complexity index is 2480. The molecular formula is C42H43O21+. The molecule has 4 heterocycles. The second-order valence-electron chi connectivity index (χ2n) is 15.3. The smallest absolute Gasteiger partial charge is 0.402 e. The zero-order valence-electron chi connectivity index (χ0n) is 32.4. The number of aromatic hydroxyl groups is 6. The van der Waals surface area contributed by atoms with E-state index in [1.807, 2.05) is 0 Å². The molecule has 15 N–H and O–H groups in total. The lowest BCUT2D eigenvalue weighted by Crippen LogP contribution is -2.60. The van der Waals surface area contributed by atoms with Crippen molar-refractivity contribution in [3.63, 3.8) is 0 Å². The van der Waals surface area contributed by atoms with E-state index in [0.717, 1.165) is 36.4 Å². The normalized spacial score (nSPS) is 30.7. The molecule has 63 heavy (non-hydrogen) atoms. The van der Waals surface area contributed by atoms with Crippen LogP contribution in [-0.2, 0) is 9.47 Å². The predicted octanol–water partition coefficient (Wildman–Crippen LogP) is -0.402. The molecule has 21 heteroatoms. The van der Waals surface area contributed by atoms with Gasteiger partial charge in [0.25, 0.3) is 0 Å². The largest absolute Gasteiger partial charge is 0.508 e. The number of aliphatic hydroxyl groups excluding tert-OH is 9. The highest BCUT2D eigenvalue weighted by atomic mass is 16.7. The van der Waals surface area contributed by atoms with Crippen LogP contribution >= 0.6 is 0 Å². The first-order valence-corrected chi connectivity index (χ1v) is 19.3. The summed E-state index contributed by atoms with van der Waals surface area (Å²) in [6.45, 7) is -1.68. The zero-order valence-corrected chi connectivity index (χ0v) is 32.4. The van der Waals surface area contributed by atoms with Gasteiger partial charge in [-0.15, -0.1) is 0 Å². The molecule has 1 aromatic heterocycles. The Morgan fingerprint density at radius 1 is 0.524 bits per heavy atom. The van der Waals surface area contributed by atoms with Crippen LogP contribution in [-0.4, -0.2) is 157 Å². The van der Waals surface area contributed by atoms with Crippen LogP contribution in [0.15, 0.2) is 71.1 Å². The first kappa shape index (κ1) is 43.7. The van der Waals surface area contributed by atoms with Crippen molar-refractivity contribution in [1.29, 1.82) is 0 Å². The van der Waals surface area contributed by atoms with Crippen molar-refractivity contribution in [1.82, 2.24) is 0 Å². The average Bonchev–Trinajstić information content (AvgIpc) is 3.25. The molecule has 21 nitrogen and oxygen atoms in total. The van der Waals surface area contributed by atoms with E-state index in [1.165, 1.54) is 30.3 Å². The molecule has 8 rings (SSSR count). The SMILES string of the molecule is OCC1OC(Oc2cc3c(OC4OC(CO)C(O)C(O)C4O)cc(O)c(C4c5c(O)cc(O)cc5OC(c5ccc(O)cc5)C4O)c3[o+]c2-c2ccc(O)c(O)c2)C(O)C(O)C1O. The van der Waals surface area contributed by atoms with Gasteiger partial charge in [0.15, 0.2) is 17.6 Å². The van der Waals surface area contributed by atoms with Gasteiger partial charge in [-0.1, -0.05) is 12.1 Å². The second-order valence-corrected chi connectivity index (χ2v) is 15.3. The standard InChI is InChI=1S/C42H42O21/c43-12-26-31(51)34(54)36(56)41(61-26)59-23-11-22(50)29(30-28-21(49)8-17(46)9-24(28)58-39(33(30)53)14-1-4-16(45)5-2-14)40-18(23)10-25(38(63-40)15-3-6-19(47)20(48)7-15)60-42-37(57)35(55)32(52)27(13-44)62-42/h1-11,26-27,30-37,39,41-44,51-57H,12-13H2,(H5-,45,46,47,48,49,50)/p+1. The molecule has 4 aromatic carbocycles. The number of benzene rings is 4. The Morgan fingerprint density at radius 3 is 1.70 bits per heavy atom. The number of fused-ring (bicyclic) bond motifs is 2. The third-order valence-corrected chi connectivity index (χ3v) is 11.3. The van der Waals surface area contributed by atoms with Crippen molar-refractivity contribution in [2.45, 2.75) is 79.5 Å². The van der Waals surface area contributed by atoms with Gasteiger partial charge in [-0.25, -0.2) is 4.42 Å². The summed E-state index contributed by atoms with van der Waals surface area (Å²) in [5.41, 5.74) is -0.670. The molecule has 0 saturated carbocycles. The summed E-state index contributed by atoms with van der Waals surface area (Å²) >= 11 is 0. The summed E-state index contributed by atoms with van der Waals surface area (Å²) < 4.78 is 35.9. The van der Waals surface area contributed by atoms with Gasteiger partial charge in [-0.05, 0) is 29.8 Å². The van der Waals surface area contributed by atoms with E-state index in [-0.39, 0.29) is 44.9 Å². The van der Waals surface area contributed by atoms with Gasteiger partial charge in [0.2, 0.25) is 18.3 Å². The molecule has 336 valence electrons. The minimum atomic E-state index is -1.99. The number of ether oxygens (including phenoxy) is 5. The average molecular weight is 884 g/mol. The minimum absolute atomic E-state index is 0.0693. The molecule has 0 spiro atoms. The maximum atomic E-state index is 12.3. The van der Waals surface area contributed by atoms with E-state index in [9.17, 15) is 76.6 Å². The fourth-order valence-electron chi connectivity index (χ4n) is 7.98. The van der Waals surface area contributed by atoms with Gasteiger partial charge in [-0.3, -0.25) is 0 Å². The highest BCUT2D eigenvalue weighted by molar-refractivity contribution is 5.93. The molecular weight excluding hydrogens is 840 g/mol. The molecule has 2 fully saturated rings. The number of phenols is 6. The van der Waals surface area contributed by atoms with Gasteiger partial charge in [0, 0.05) is 35.9 Å². The molecule has 2 saturated heterocycles. The number of phenolic OH excluding ortho intramolecular Hbond substituents is 6. The summed E-state index contributed by atoms with van der Waals surface area (Å²) in [5, 5.41) is 161. The first-order chi connectivity index (χ1) is 30.0. The van der Waals surface area contributed by atoms with Crippen molar-refractivity contribution in [2.75, 3.05) is 13.2 Å². The van der Waals surface area contributed by atoms with Gasteiger partial charge in [0.05, 0.1) is 24.7 Å². The number of aliphatic hydroxyl groups is 9. The van der Waals surface area contributed by atoms with Crippen LogP contribution in [0.5, 0.6) is 51.7 Å². The molecule has 5 aromatic rings. The van der Waals surface area contributed by atoms with Gasteiger partial charge >= 0.3 is 11.3 Å². The van der Waals surface area contributed by atoms with Gasteiger partial charge in [0.1, 0.15) is 100 Å². The molecule has 3 aliphatic heterocycles. The predicted molar refractivity (Wildman–Crippen MR) is 209 cm³/mol. The Morgan fingerprint density at radius 2 is 1.11 bits per heavy atom. The monoisotopic (exact) mass is 883 g/mol. The molecule has 0 amide bonds. The maximum Gasteiger partial charge on any atom is 0.402 e. The van der Waals surface area contributed by atoms with Crippen molar-refractivity contribution in [2.24, 2.45) is 0 Å². The number of hydrogen-bond donors (Lipinski definition) is 15. The van der Waals surface area contributed by atoms with Crippen LogP contribution in [0.4, 0.5) is 0 Å². The molecule has 3 aliphatic rings. The van der Waals surface area contributed by atoms with Crippen molar-refractivity contribution >= 4 is 11.0 Å². The van der Waals surface area contributed by atoms with E-state index in [1.54, 1.807) is 0 Å². The van der Waals surface area contributed by atoms with Crippen LogP contribution in [0.3, 0.4) is 0 Å². The lowest BCUT2D eigenvalue weighted by molar-refractivity contribution is -0.277. The first-order valence-electron chi connectivity index (χ1n) is 19.3. The van der Waals surface area contributed by atoms with Gasteiger partial charge < -0.3 is 100 Å². The topological polar surface area (TPSA) is 361 Å². The fourth-order valence-corrected chi connectivity index (χ4v) is 7.98. The van der Waals surface area contributed by atoms with Crippen LogP contribution in [0, 0.1) is 0 Å². The van der Waals surface area contributed by atoms with E-state index < -0.39 is 139 Å². The van der Waals surface area contributed by atoms with E-state index in [4.69, 9.17) is 28.1 Å². The highest BCUT2D eigenvalue weighted by Crippen LogP contribution is 2.55. The number of hydrogen-bond acceptors (Lipinski definition) is 20. The minimum Gasteiger partial charge on any atom is -0.508 e. The van der Waals surface area contributed by atoms with Gasteiger partial charge in [-0.2, -0.15) is 0 Å². The van der Waals surface area contributed by atoms with E-state index in [2.05, 4.69) is 0 Å². The molecule has 0 radical (unpaired) electrons. The Labute approximate surface area is 354 Å². The van der Waals surface area contributed by atoms with E-state index >= 15 is 0 Å². The summed E-state index contributed by atoms with van der Waals surface area (Å²) in [4.78, 5) is 0. The zero-order chi connectivity index (χ0) is 45.2.